The van der Waals surface area contributed by atoms with E-state index in [1.54, 1.807) is 29.3 Å². The number of aromatic nitrogens is 1. The molecule has 8 nitrogen and oxygen atoms in total. The molecule has 28 heavy (non-hydrogen) atoms. The Hall–Kier alpha value is -3.20. The molecule has 0 bridgehead atoms. The number of rotatable bonds is 4. The summed E-state index contributed by atoms with van der Waals surface area (Å²) in [5.41, 5.74) is 1.53. The van der Waals surface area contributed by atoms with Crippen molar-refractivity contribution < 1.29 is 18.7 Å². The summed E-state index contributed by atoms with van der Waals surface area (Å²) in [5.74, 6) is -0.339. The van der Waals surface area contributed by atoms with Crippen LogP contribution in [0, 0.1) is 5.82 Å². The first-order valence-corrected chi connectivity index (χ1v) is 8.87. The van der Waals surface area contributed by atoms with Gasteiger partial charge in [0.05, 0.1) is 19.0 Å². The van der Waals surface area contributed by atoms with Crippen LogP contribution in [0.5, 0.6) is 0 Å². The lowest BCUT2D eigenvalue weighted by Crippen LogP contribution is -2.48. The van der Waals surface area contributed by atoms with Crippen LogP contribution < -0.4 is 10.6 Å². The maximum absolute atomic E-state index is 14.2. The molecule has 1 aliphatic rings. The van der Waals surface area contributed by atoms with E-state index in [0.717, 1.165) is 0 Å². The third kappa shape index (κ3) is 5.17. The molecule has 0 saturated carbocycles. The highest BCUT2D eigenvalue weighted by Gasteiger charge is 2.22. The van der Waals surface area contributed by atoms with Crippen LogP contribution in [0.3, 0.4) is 0 Å². The summed E-state index contributed by atoms with van der Waals surface area (Å²) in [6.45, 7) is 2.68. The van der Waals surface area contributed by atoms with Gasteiger partial charge in [-0.1, -0.05) is 0 Å². The number of methoxy groups -OCH3 is 1. The Kier molecular flexibility index (Phi) is 6.38. The molecule has 0 radical (unpaired) electrons. The fourth-order valence-electron chi connectivity index (χ4n) is 2.96. The van der Waals surface area contributed by atoms with Gasteiger partial charge in [0, 0.05) is 50.2 Å². The molecule has 0 atom stereocenters. The standard InChI is InChI=1S/C19H22FN5O3/c1-28-19(27)25-9-7-24(8-10-25)13-14-11-15(4-5-17(14)20)22-18(26)23-16-3-2-6-21-12-16/h2-6,11-12H,7-10,13H2,1H3,(H2,22,23,26). The highest BCUT2D eigenvalue weighted by molar-refractivity contribution is 5.99. The van der Waals surface area contributed by atoms with Gasteiger partial charge in [0.15, 0.2) is 0 Å². The zero-order chi connectivity index (χ0) is 19.9. The van der Waals surface area contributed by atoms with E-state index in [0.29, 0.717) is 49.7 Å². The zero-order valence-electron chi connectivity index (χ0n) is 15.5. The molecule has 3 amide bonds. The first-order chi connectivity index (χ1) is 13.5. The van der Waals surface area contributed by atoms with Crippen LogP contribution in [0.2, 0.25) is 0 Å². The number of carbonyl (C=O) groups excluding carboxylic acids is 2. The van der Waals surface area contributed by atoms with Gasteiger partial charge in [0.25, 0.3) is 0 Å². The minimum Gasteiger partial charge on any atom is -0.453 e. The second kappa shape index (κ2) is 9.14. The average Bonchev–Trinajstić information content (AvgIpc) is 2.71. The van der Waals surface area contributed by atoms with E-state index in [4.69, 9.17) is 4.74 Å². The number of ether oxygens (including phenoxy) is 1. The molecule has 3 rings (SSSR count). The molecule has 148 valence electrons. The number of urea groups is 1. The number of benzene rings is 1. The van der Waals surface area contributed by atoms with Crippen molar-refractivity contribution in [2.75, 3.05) is 43.9 Å². The first kappa shape index (κ1) is 19.6. The number of anilines is 2. The smallest absolute Gasteiger partial charge is 0.409 e. The summed E-state index contributed by atoms with van der Waals surface area (Å²) in [6.07, 6.45) is 2.79. The number of piperazine rings is 1. The lowest BCUT2D eigenvalue weighted by atomic mass is 10.1. The lowest BCUT2D eigenvalue weighted by Gasteiger charge is -2.33. The predicted octanol–water partition coefficient (Wildman–Crippen LogP) is 2.75. The van der Waals surface area contributed by atoms with Crippen molar-refractivity contribution in [1.82, 2.24) is 14.8 Å². The van der Waals surface area contributed by atoms with Gasteiger partial charge in [-0.2, -0.15) is 0 Å². The Balaban J connectivity index is 1.57. The highest BCUT2D eigenvalue weighted by atomic mass is 19.1. The lowest BCUT2D eigenvalue weighted by molar-refractivity contribution is 0.0885. The number of pyridine rings is 1. The van der Waals surface area contributed by atoms with Crippen LogP contribution in [-0.2, 0) is 11.3 Å². The predicted molar refractivity (Wildman–Crippen MR) is 103 cm³/mol. The fraction of sp³-hybridized carbons (Fsp3) is 0.316. The number of hydrogen-bond acceptors (Lipinski definition) is 5. The number of amides is 3. The molecule has 1 aromatic heterocycles. The van der Waals surface area contributed by atoms with E-state index >= 15 is 0 Å². The molecule has 1 aromatic carbocycles. The van der Waals surface area contributed by atoms with Gasteiger partial charge in [0.1, 0.15) is 5.82 Å². The molecule has 1 aliphatic heterocycles. The van der Waals surface area contributed by atoms with Gasteiger partial charge in [-0.3, -0.25) is 9.88 Å². The van der Waals surface area contributed by atoms with E-state index in [9.17, 15) is 14.0 Å². The molecule has 2 heterocycles. The van der Waals surface area contributed by atoms with Crippen LogP contribution in [-0.4, -0.2) is 60.2 Å². The van der Waals surface area contributed by atoms with Gasteiger partial charge >= 0.3 is 12.1 Å². The van der Waals surface area contributed by atoms with Crippen LogP contribution in [0.4, 0.5) is 25.4 Å². The quantitative estimate of drug-likeness (QED) is 0.842. The largest absolute Gasteiger partial charge is 0.453 e. The maximum Gasteiger partial charge on any atom is 0.409 e. The van der Waals surface area contributed by atoms with Gasteiger partial charge in [-0.05, 0) is 30.3 Å². The second-order valence-corrected chi connectivity index (χ2v) is 6.36. The van der Waals surface area contributed by atoms with Crippen LogP contribution >= 0.6 is 0 Å². The summed E-state index contributed by atoms with van der Waals surface area (Å²) in [4.78, 5) is 31.2. The minimum absolute atomic E-state index is 0.339. The van der Waals surface area contributed by atoms with Crippen molar-refractivity contribution in [2.45, 2.75) is 6.54 Å². The van der Waals surface area contributed by atoms with Crippen LogP contribution in [0.1, 0.15) is 5.56 Å². The molecular weight excluding hydrogens is 365 g/mol. The van der Waals surface area contributed by atoms with Crippen LogP contribution in [0.15, 0.2) is 42.7 Å². The van der Waals surface area contributed by atoms with Crippen molar-refractivity contribution in [3.05, 3.63) is 54.1 Å². The number of nitrogens with zero attached hydrogens (tertiary/aromatic N) is 3. The van der Waals surface area contributed by atoms with Gasteiger partial charge in [0.2, 0.25) is 0 Å². The number of hydrogen-bond donors (Lipinski definition) is 2. The monoisotopic (exact) mass is 387 g/mol. The van der Waals surface area contributed by atoms with E-state index < -0.39 is 6.03 Å². The first-order valence-electron chi connectivity index (χ1n) is 8.87. The van der Waals surface area contributed by atoms with Crippen molar-refractivity contribution in [2.24, 2.45) is 0 Å². The third-order valence-electron chi connectivity index (χ3n) is 4.42. The number of carbonyl (C=O) groups is 2. The Labute approximate surface area is 162 Å². The summed E-state index contributed by atoms with van der Waals surface area (Å²) < 4.78 is 18.9. The SMILES string of the molecule is COC(=O)N1CCN(Cc2cc(NC(=O)Nc3cccnc3)ccc2F)CC1. The summed E-state index contributed by atoms with van der Waals surface area (Å²) in [7, 11) is 1.35. The maximum atomic E-state index is 14.2. The Morgan fingerprint density at radius 3 is 2.57 bits per heavy atom. The highest BCUT2D eigenvalue weighted by Crippen LogP contribution is 2.18. The van der Waals surface area contributed by atoms with E-state index in [1.807, 2.05) is 0 Å². The fourth-order valence-corrected chi connectivity index (χ4v) is 2.96. The second-order valence-electron chi connectivity index (χ2n) is 6.36. The molecule has 0 unspecified atom stereocenters. The normalized spacial score (nSPS) is 14.4. The molecule has 1 fully saturated rings. The molecule has 2 aromatic rings. The summed E-state index contributed by atoms with van der Waals surface area (Å²) in [5, 5.41) is 5.35. The average molecular weight is 387 g/mol. The summed E-state index contributed by atoms with van der Waals surface area (Å²) in [6, 6.07) is 7.46. The Bertz CT molecular complexity index is 826. The topological polar surface area (TPSA) is 86.8 Å². The molecule has 0 aliphatic carbocycles. The van der Waals surface area contributed by atoms with Crippen molar-refractivity contribution in [3.63, 3.8) is 0 Å². The Morgan fingerprint density at radius 1 is 1.14 bits per heavy atom. The molecule has 2 N–H and O–H groups in total. The molecular formula is C19H22FN5O3. The third-order valence-corrected chi connectivity index (χ3v) is 4.42. The Morgan fingerprint density at radius 2 is 1.89 bits per heavy atom. The van der Waals surface area contributed by atoms with E-state index in [1.165, 1.54) is 25.4 Å². The molecule has 0 spiro atoms. The van der Waals surface area contributed by atoms with Crippen LogP contribution in [0.25, 0.3) is 0 Å². The molecule has 9 heteroatoms. The van der Waals surface area contributed by atoms with E-state index in [2.05, 4.69) is 20.5 Å². The van der Waals surface area contributed by atoms with Crippen molar-refractivity contribution >= 4 is 23.5 Å². The van der Waals surface area contributed by atoms with Gasteiger partial charge in [-0.15, -0.1) is 0 Å². The van der Waals surface area contributed by atoms with E-state index in [-0.39, 0.29) is 11.9 Å². The summed E-state index contributed by atoms with van der Waals surface area (Å²) >= 11 is 0. The van der Waals surface area contributed by atoms with Gasteiger partial charge < -0.3 is 20.3 Å². The van der Waals surface area contributed by atoms with Crippen molar-refractivity contribution in [1.29, 1.82) is 0 Å². The zero-order valence-corrected chi connectivity index (χ0v) is 15.5. The molecule has 1 saturated heterocycles. The minimum atomic E-state index is -0.433. The number of halogens is 1. The number of nitrogens with one attached hydrogen (secondary N) is 2. The van der Waals surface area contributed by atoms with Crippen molar-refractivity contribution in [3.8, 4) is 0 Å². The van der Waals surface area contributed by atoms with Gasteiger partial charge in [-0.25, -0.2) is 14.0 Å².